The molecular weight excluding hydrogens is 976 g/mol. The number of ketones is 6. The average molecular weight is 999 g/mol. The van der Waals surface area contributed by atoms with Gasteiger partial charge in [0.15, 0.2) is 17.3 Å². The molecule has 0 aliphatic rings. The number of thiophene rings is 3. The fraction of sp³-hybridized carbons (Fsp3) is 0.167. The molecule has 0 fully saturated rings. The van der Waals surface area contributed by atoms with Gasteiger partial charge >= 0.3 is 67.9 Å². The van der Waals surface area contributed by atoms with E-state index in [0.29, 0.717) is 0 Å². The van der Waals surface area contributed by atoms with Gasteiger partial charge < -0.3 is 0 Å². The molecule has 0 spiro atoms. The average Bonchev–Trinajstić information content (AvgIpc) is 3.96. The third kappa shape index (κ3) is 16.1. The number of carbonyl (C=O) groups excluding carboxylic acids is 6. The first kappa shape index (κ1) is 49.3. The standard InChI is InChI=1S/C12H8N2.3C8H5F3O2S.Eu/c1-3-9-5-6-10-4-2-8-14-12(10)11(9)13-7-1;3*9-8(10,11)7(13)4-5(12)6-2-1-3-14-6;/h1-8H;3*1-3H,4H2;/q;;;;+3. The van der Waals surface area contributed by atoms with E-state index >= 15 is 0 Å². The minimum absolute atomic E-state index is 0. The first-order chi connectivity index (χ1) is 26.2. The second kappa shape index (κ2) is 22.3. The van der Waals surface area contributed by atoms with Gasteiger partial charge in [0.25, 0.3) is 0 Å². The Labute approximate surface area is 368 Å². The van der Waals surface area contributed by atoms with Crippen molar-refractivity contribution in [2.75, 3.05) is 0 Å². The van der Waals surface area contributed by atoms with Crippen LogP contribution in [-0.4, -0.2) is 63.2 Å². The zero-order valence-electron chi connectivity index (χ0n) is 28.3. The molecule has 1 aromatic carbocycles. The summed E-state index contributed by atoms with van der Waals surface area (Å²) in [5, 5.41) is 6.96. The topological polar surface area (TPSA) is 128 Å². The smallest absolute Gasteiger partial charge is 0.293 e. The van der Waals surface area contributed by atoms with Crippen LogP contribution >= 0.6 is 34.0 Å². The van der Waals surface area contributed by atoms with E-state index in [9.17, 15) is 68.3 Å². The van der Waals surface area contributed by atoms with Crippen LogP contribution in [0.25, 0.3) is 21.8 Å². The molecule has 0 aliphatic carbocycles. The molecule has 0 radical (unpaired) electrons. The number of halogens is 9. The van der Waals surface area contributed by atoms with Gasteiger partial charge in [-0.3, -0.25) is 38.7 Å². The van der Waals surface area contributed by atoms with E-state index in [0.717, 1.165) is 55.8 Å². The van der Waals surface area contributed by atoms with Gasteiger partial charge in [0.1, 0.15) is 0 Å². The molecule has 0 atom stereocenters. The normalized spacial score (nSPS) is 11.0. The fourth-order valence-corrected chi connectivity index (χ4v) is 5.98. The SMILES string of the molecule is O=C(CC(=O)C(F)(F)F)c1cccs1.O=C(CC(=O)C(F)(F)F)c1cccs1.O=C(CC(=O)C(F)(F)F)c1cccs1.[Eu+3].c1cnc2c(c1)ccc1cccnc12. The molecule has 0 aliphatic heterocycles. The summed E-state index contributed by atoms with van der Waals surface area (Å²) >= 11 is 3.04. The monoisotopic (exact) mass is 999 g/mol. The van der Waals surface area contributed by atoms with E-state index in [1.165, 1.54) is 36.4 Å². The summed E-state index contributed by atoms with van der Waals surface area (Å²) in [5.74, 6) is -8.38. The molecule has 21 heteroatoms. The van der Waals surface area contributed by atoms with Gasteiger partial charge in [-0.25, -0.2) is 0 Å². The Bertz CT molecular complexity index is 2050. The summed E-state index contributed by atoms with van der Waals surface area (Å²) in [6.07, 6.45) is -14.5. The first-order valence-corrected chi connectivity index (χ1v) is 17.9. The third-order valence-corrected chi connectivity index (χ3v) is 9.38. The number of hydrogen-bond acceptors (Lipinski definition) is 11. The molecule has 5 aromatic heterocycles. The molecule has 0 amide bonds. The van der Waals surface area contributed by atoms with Crippen LogP contribution < -0.4 is 0 Å². The van der Waals surface area contributed by atoms with Crippen molar-refractivity contribution in [3.63, 3.8) is 0 Å². The summed E-state index contributed by atoms with van der Waals surface area (Å²) in [6, 6.07) is 20.9. The summed E-state index contributed by atoms with van der Waals surface area (Å²) in [6.45, 7) is 0. The Morgan fingerprint density at radius 1 is 0.439 bits per heavy atom. The number of hydrogen-bond donors (Lipinski definition) is 0. The molecule has 6 rings (SSSR count). The van der Waals surface area contributed by atoms with Crippen LogP contribution in [0.5, 0.6) is 0 Å². The van der Waals surface area contributed by atoms with Gasteiger partial charge in [0, 0.05) is 23.2 Å². The minimum Gasteiger partial charge on any atom is -0.293 e. The Balaban J connectivity index is 0.000000261. The van der Waals surface area contributed by atoms with Crippen LogP contribution in [0.4, 0.5) is 39.5 Å². The van der Waals surface area contributed by atoms with E-state index in [1.54, 1.807) is 28.5 Å². The predicted octanol–water partition coefficient (Wildman–Crippen LogP) is 10.1. The fourth-order valence-electron chi connectivity index (χ4n) is 3.99. The number of carbonyl (C=O) groups is 6. The molecule has 6 aromatic rings. The number of benzene rings is 1. The second-order valence-electron chi connectivity index (χ2n) is 10.7. The third-order valence-electron chi connectivity index (χ3n) is 6.64. The Kier molecular flexibility index (Phi) is 19.3. The Hall–Kier alpha value is -3.89. The summed E-state index contributed by atoms with van der Waals surface area (Å²) in [4.78, 5) is 73.6. The number of aromatic nitrogens is 2. The molecule has 298 valence electrons. The van der Waals surface area contributed by atoms with Gasteiger partial charge in [0.05, 0.1) is 44.9 Å². The number of fused-ring (bicyclic) bond motifs is 3. The van der Waals surface area contributed by atoms with Gasteiger partial charge in [-0.1, -0.05) is 42.5 Å². The van der Waals surface area contributed by atoms with Crippen LogP contribution in [0.2, 0.25) is 0 Å². The number of rotatable bonds is 9. The maximum absolute atomic E-state index is 11.8. The molecule has 0 N–H and O–H groups in total. The van der Waals surface area contributed by atoms with Crippen molar-refractivity contribution in [3.05, 3.63) is 116 Å². The number of Topliss-reactive ketones (excluding diaryl/α,β-unsaturated/α-hetero) is 6. The van der Waals surface area contributed by atoms with Crippen LogP contribution in [0.15, 0.2) is 101 Å². The van der Waals surface area contributed by atoms with Gasteiger partial charge in [-0.05, 0) is 46.5 Å². The number of alkyl halides is 9. The Morgan fingerprint density at radius 2 is 0.719 bits per heavy atom. The molecular formula is C36H23EuF9N2O6S3+3. The van der Waals surface area contributed by atoms with Crippen LogP contribution in [0, 0.1) is 49.4 Å². The maximum Gasteiger partial charge on any atom is 3.00 e. The summed E-state index contributed by atoms with van der Waals surface area (Å²) < 4.78 is 106. The molecule has 0 bridgehead atoms. The van der Waals surface area contributed by atoms with Gasteiger partial charge in [-0.2, -0.15) is 39.5 Å². The van der Waals surface area contributed by atoms with Crippen molar-refractivity contribution >= 4 is 90.5 Å². The van der Waals surface area contributed by atoms with E-state index in [-0.39, 0.29) is 64.0 Å². The number of nitrogens with zero attached hydrogens (tertiary/aromatic N) is 2. The first-order valence-electron chi connectivity index (χ1n) is 15.3. The zero-order chi connectivity index (χ0) is 41.7. The van der Waals surface area contributed by atoms with E-state index in [2.05, 4.69) is 34.2 Å². The maximum atomic E-state index is 11.8. The van der Waals surface area contributed by atoms with E-state index in [4.69, 9.17) is 0 Å². The van der Waals surface area contributed by atoms with Gasteiger partial charge in [0.2, 0.25) is 17.3 Å². The van der Waals surface area contributed by atoms with Crippen LogP contribution in [0.1, 0.15) is 48.3 Å². The number of pyridine rings is 2. The van der Waals surface area contributed by atoms with E-state index in [1.807, 2.05) is 12.1 Å². The molecule has 0 saturated carbocycles. The molecule has 0 saturated heterocycles. The van der Waals surface area contributed by atoms with Crippen molar-refractivity contribution in [1.29, 1.82) is 0 Å². The van der Waals surface area contributed by atoms with Crippen molar-refractivity contribution in [1.82, 2.24) is 9.97 Å². The summed E-state index contributed by atoms with van der Waals surface area (Å²) in [7, 11) is 0. The second-order valence-corrected chi connectivity index (χ2v) is 13.6. The molecule has 0 unspecified atom stereocenters. The van der Waals surface area contributed by atoms with Crippen molar-refractivity contribution in [2.45, 2.75) is 37.8 Å². The van der Waals surface area contributed by atoms with E-state index < -0.39 is 72.5 Å². The zero-order valence-corrected chi connectivity index (χ0v) is 33.2. The molecule has 8 nitrogen and oxygen atoms in total. The van der Waals surface area contributed by atoms with Crippen LogP contribution in [-0.2, 0) is 14.4 Å². The van der Waals surface area contributed by atoms with Crippen LogP contribution in [0.3, 0.4) is 0 Å². The predicted molar refractivity (Wildman–Crippen MR) is 190 cm³/mol. The minimum atomic E-state index is -4.92. The van der Waals surface area contributed by atoms with Crippen molar-refractivity contribution in [2.24, 2.45) is 0 Å². The van der Waals surface area contributed by atoms with Gasteiger partial charge in [-0.15, -0.1) is 34.0 Å². The molecule has 5 heterocycles. The molecule has 57 heavy (non-hydrogen) atoms. The quantitative estimate of drug-likeness (QED) is 0.0606. The largest absolute Gasteiger partial charge is 3.00 e. The Morgan fingerprint density at radius 3 is 0.947 bits per heavy atom. The van der Waals surface area contributed by atoms with Crippen molar-refractivity contribution in [3.8, 4) is 0 Å². The summed E-state index contributed by atoms with van der Waals surface area (Å²) in [5.41, 5.74) is 1.95. The van der Waals surface area contributed by atoms with Crippen molar-refractivity contribution < 1.29 is 118 Å².